The molecule has 110 valence electrons. The number of hydrogen-bond acceptors (Lipinski definition) is 2. The topological polar surface area (TPSA) is 12.0 Å². The van der Waals surface area contributed by atoms with Crippen LogP contribution < -0.4 is 5.32 Å². The molecule has 3 heteroatoms. The maximum absolute atomic E-state index is 6.31. The predicted molar refractivity (Wildman–Crippen MR) is 88.9 cm³/mol. The molecule has 1 aliphatic carbocycles. The van der Waals surface area contributed by atoms with Crippen LogP contribution in [0.1, 0.15) is 38.2 Å². The highest BCUT2D eigenvalue weighted by Crippen LogP contribution is 2.38. The van der Waals surface area contributed by atoms with Crippen LogP contribution in [0.15, 0.2) is 29.2 Å². The van der Waals surface area contributed by atoms with Gasteiger partial charge in [0.15, 0.2) is 0 Å². The summed E-state index contributed by atoms with van der Waals surface area (Å²) in [6.07, 6.45) is 6.36. The van der Waals surface area contributed by atoms with E-state index in [1.807, 2.05) is 11.8 Å². The molecule has 1 N–H and O–H groups in total. The molecule has 1 aromatic rings. The molecule has 1 heterocycles. The molecule has 0 spiro atoms. The number of benzene rings is 1. The Morgan fingerprint density at radius 2 is 2.25 bits per heavy atom. The molecular formula is C17H24ClNS. The zero-order valence-corrected chi connectivity index (χ0v) is 13.8. The molecule has 0 saturated heterocycles. The summed E-state index contributed by atoms with van der Waals surface area (Å²) in [6.45, 7) is 3.45. The number of hydrogen-bond donors (Lipinski definition) is 1. The number of halogens is 1. The van der Waals surface area contributed by atoms with Crippen LogP contribution >= 0.6 is 23.4 Å². The summed E-state index contributed by atoms with van der Waals surface area (Å²) in [6, 6.07) is 8.81. The third-order valence-corrected chi connectivity index (χ3v) is 6.60. The summed E-state index contributed by atoms with van der Waals surface area (Å²) in [5.74, 6) is 1.56. The predicted octanol–water partition coefficient (Wildman–Crippen LogP) is 4.48. The number of nitrogens with one attached hydrogen (secondary N) is 1. The van der Waals surface area contributed by atoms with E-state index in [0.717, 1.165) is 18.3 Å². The van der Waals surface area contributed by atoms with Gasteiger partial charge in [0, 0.05) is 28.1 Å². The highest BCUT2D eigenvalue weighted by atomic mass is 35.5. The molecule has 0 amide bonds. The first kappa shape index (κ1) is 14.7. The van der Waals surface area contributed by atoms with Crippen LogP contribution in [0, 0.1) is 5.92 Å². The van der Waals surface area contributed by atoms with Gasteiger partial charge < -0.3 is 5.32 Å². The molecule has 1 nitrogen and oxygen atoms in total. The van der Waals surface area contributed by atoms with Crippen molar-refractivity contribution in [1.82, 2.24) is 5.32 Å². The van der Waals surface area contributed by atoms with Gasteiger partial charge in [-0.1, -0.05) is 38.0 Å². The van der Waals surface area contributed by atoms with E-state index in [4.69, 9.17) is 11.6 Å². The minimum atomic E-state index is 0.189. The van der Waals surface area contributed by atoms with Crippen LogP contribution in [0.2, 0.25) is 0 Å². The van der Waals surface area contributed by atoms with E-state index in [0.29, 0.717) is 5.25 Å². The zero-order chi connectivity index (χ0) is 14.0. The van der Waals surface area contributed by atoms with Gasteiger partial charge in [0.05, 0.1) is 0 Å². The minimum absolute atomic E-state index is 0.189. The summed E-state index contributed by atoms with van der Waals surface area (Å²) in [7, 11) is 0. The SMILES string of the molecule is CC1CCCC(CCl)(NCC2Cc3ccccc3S2)C1. The monoisotopic (exact) mass is 309 g/mol. The van der Waals surface area contributed by atoms with Crippen LogP contribution in [0.5, 0.6) is 0 Å². The lowest BCUT2D eigenvalue weighted by Gasteiger charge is -2.40. The largest absolute Gasteiger partial charge is 0.309 e. The van der Waals surface area contributed by atoms with Crippen molar-refractivity contribution >= 4 is 23.4 Å². The molecule has 1 aromatic carbocycles. The van der Waals surface area contributed by atoms with Crippen molar-refractivity contribution in [2.75, 3.05) is 12.4 Å². The standard InChI is InChI=1S/C17H24ClNS/c1-13-5-4-8-17(10-13,12-18)19-11-15-9-14-6-2-3-7-16(14)20-15/h2-3,6-7,13,15,19H,4-5,8-12H2,1H3. The van der Waals surface area contributed by atoms with Gasteiger partial charge in [-0.3, -0.25) is 0 Å². The number of alkyl halides is 1. The van der Waals surface area contributed by atoms with Crippen molar-refractivity contribution in [2.45, 2.75) is 54.7 Å². The summed E-state index contributed by atoms with van der Waals surface area (Å²) in [4.78, 5) is 1.47. The first-order chi connectivity index (χ1) is 9.71. The molecule has 20 heavy (non-hydrogen) atoms. The molecule has 1 fully saturated rings. The lowest BCUT2D eigenvalue weighted by atomic mass is 9.77. The second kappa shape index (κ2) is 6.29. The Morgan fingerprint density at radius 1 is 1.40 bits per heavy atom. The Balaban J connectivity index is 1.57. The van der Waals surface area contributed by atoms with Crippen molar-refractivity contribution < 1.29 is 0 Å². The Bertz CT molecular complexity index is 439. The van der Waals surface area contributed by atoms with Crippen molar-refractivity contribution in [3.63, 3.8) is 0 Å². The fourth-order valence-electron chi connectivity index (χ4n) is 3.69. The summed E-state index contributed by atoms with van der Waals surface area (Å²) in [5.41, 5.74) is 1.70. The van der Waals surface area contributed by atoms with Gasteiger partial charge in [-0.05, 0) is 36.8 Å². The van der Waals surface area contributed by atoms with Gasteiger partial charge in [-0.25, -0.2) is 0 Å². The Kier molecular flexibility index (Phi) is 4.64. The highest BCUT2D eigenvalue weighted by molar-refractivity contribution is 8.00. The molecule has 1 saturated carbocycles. The van der Waals surface area contributed by atoms with Crippen molar-refractivity contribution in [3.05, 3.63) is 29.8 Å². The normalized spacial score (nSPS) is 33.1. The quantitative estimate of drug-likeness (QED) is 0.823. The van der Waals surface area contributed by atoms with E-state index in [1.54, 1.807) is 0 Å². The fourth-order valence-corrected chi connectivity index (χ4v) is 5.27. The first-order valence-corrected chi connectivity index (χ1v) is 9.18. The smallest absolute Gasteiger partial charge is 0.0406 e. The number of thioether (sulfide) groups is 1. The van der Waals surface area contributed by atoms with Crippen LogP contribution in [-0.4, -0.2) is 23.2 Å². The third kappa shape index (κ3) is 3.18. The zero-order valence-electron chi connectivity index (χ0n) is 12.2. The van der Waals surface area contributed by atoms with Crippen LogP contribution in [0.25, 0.3) is 0 Å². The summed E-state index contributed by atoms with van der Waals surface area (Å²) in [5, 5.41) is 4.51. The van der Waals surface area contributed by atoms with Gasteiger partial charge in [-0.15, -0.1) is 23.4 Å². The van der Waals surface area contributed by atoms with Crippen LogP contribution in [-0.2, 0) is 6.42 Å². The van der Waals surface area contributed by atoms with E-state index in [9.17, 15) is 0 Å². The first-order valence-electron chi connectivity index (χ1n) is 7.76. The molecular weight excluding hydrogens is 286 g/mol. The van der Waals surface area contributed by atoms with Gasteiger partial charge in [0.25, 0.3) is 0 Å². The molecule has 3 unspecified atom stereocenters. The van der Waals surface area contributed by atoms with Crippen molar-refractivity contribution in [3.8, 4) is 0 Å². The number of rotatable bonds is 4. The lowest BCUT2D eigenvalue weighted by molar-refractivity contribution is 0.210. The Morgan fingerprint density at radius 3 is 3.00 bits per heavy atom. The van der Waals surface area contributed by atoms with Crippen LogP contribution in [0.4, 0.5) is 0 Å². The molecule has 3 atom stereocenters. The summed E-state index contributed by atoms with van der Waals surface area (Å²) >= 11 is 8.34. The average molecular weight is 310 g/mol. The molecule has 0 aromatic heterocycles. The number of fused-ring (bicyclic) bond motifs is 1. The Hall–Kier alpha value is -0.180. The molecule has 0 radical (unpaired) electrons. The van der Waals surface area contributed by atoms with E-state index < -0.39 is 0 Å². The van der Waals surface area contributed by atoms with E-state index in [-0.39, 0.29) is 5.54 Å². The van der Waals surface area contributed by atoms with Crippen molar-refractivity contribution in [2.24, 2.45) is 5.92 Å². The molecule has 2 aliphatic rings. The maximum atomic E-state index is 6.31. The summed E-state index contributed by atoms with van der Waals surface area (Å²) < 4.78 is 0. The third-order valence-electron chi connectivity index (χ3n) is 4.77. The second-order valence-electron chi connectivity index (χ2n) is 6.55. The van der Waals surface area contributed by atoms with E-state index in [1.165, 1.54) is 42.6 Å². The maximum Gasteiger partial charge on any atom is 0.0406 e. The minimum Gasteiger partial charge on any atom is -0.309 e. The van der Waals surface area contributed by atoms with Gasteiger partial charge >= 0.3 is 0 Å². The van der Waals surface area contributed by atoms with Crippen molar-refractivity contribution in [1.29, 1.82) is 0 Å². The molecule has 3 rings (SSSR count). The highest BCUT2D eigenvalue weighted by Gasteiger charge is 2.35. The van der Waals surface area contributed by atoms with Gasteiger partial charge in [0.1, 0.15) is 0 Å². The van der Waals surface area contributed by atoms with E-state index >= 15 is 0 Å². The molecule has 0 bridgehead atoms. The second-order valence-corrected chi connectivity index (χ2v) is 8.16. The average Bonchev–Trinajstić information content (AvgIpc) is 2.88. The molecule has 1 aliphatic heterocycles. The van der Waals surface area contributed by atoms with E-state index in [2.05, 4.69) is 36.5 Å². The van der Waals surface area contributed by atoms with Crippen LogP contribution in [0.3, 0.4) is 0 Å². The van der Waals surface area contributed by atoms with Gasteiger partial charge in [0.2, 0.25) is 0 Å². The van der Waals surface area contributed by atoms with Gasteiger partial charge in [-0.2, -0.15) is 0 Å². The Labute approximate surface area is 131 Å². The fraction of sp³-hybridized carbons (Fsp3) is 0.647. The lowest BCUT2D eigenvalue weighted by Crippen LogP contribution is -2.52.